The molecule has 2 aliphatic rings. The zero-order chi connectivity index (χ0) is 13.9. The van der Waals surface area contributed by atoms with Crippen LogP contribution in [-0.4, -0.2) is 37.7 Å². The Kier molecular flexibility index (Phi) is 3.98. The molecule has 0 spiro atoms. The molecule has 3 rings (SSSR count). The first-order valence-corrected chi connectivity index (χ1v) is 7.08. The van der Waals surface area contributed by atoms with E-state index < -0.39 is 0 Å². The van der Waals surface area contributed by atoms with Crippen molar-refractivity contribution in [2.75, 3.05) is 19.8 Å². The Hall–Kier alpha value is -1.46. The van der Waals surface area contributed by atoms with Crippen molar-refractivity contribution in [3.05, 3.63) is 35.6 Å². The minimum absolute atomic E-state index is 0.0388. The summed E-state index contributed by atoms with van der Waals surface area (Å²) < 4.78 is 18.5. The molecule has 20 heavy (non-hydrogen) atoms. The third-order valence-corrected chi connectivity index (χ3v) is 3.84. The number of halogens is 1. The van der Waals surface area contributed by atoms with Gasteiger partial charge in [-0.15, -0.1) is 0 Å². The van der Waals surface area contributed by atoms with Gasteiger partial charge in [-0.1, -0.05) is 12.1 Å². The standard InChI is InChI=1S/C15H19FN2O2/c16-11-3-1-2-10(6-11)13-8-14(13)18-15(19)7-12-9-20-5-4-17-12/h1-3,6,12-14,17H,4-5,7-9H2,(H,18,19). The zero-order valence-electron chi connectivity index (χ0n) is 11.3. The Morgan fingerprint density at radius 2 is 2.40 bits per heavy atom. The maximum Gasteiger partial charge on any atom is 0.221 e. The maximum atomic E-state index is 13.1. The van der Waals surface area contributed by atoms with Crippen LogP contribution in [0.15, 0.2) is 24.3 Å². The van der Waals surface area contributed by atoms with E-state index in [2.05, 4.69) is 10.6 Å². The second kappa shape index (κ2) is 5.89. The lowest BCUT2D eigenvalue weighted by molar-refractivity contribution is -0.122. The van der Waals surface area contributed by atoms with Gasteiger partial charge >= 0.3 is 0 Å². The van der Waals surface area contributed by atoms with E-state index in [0.717, 1.165) is 18.5 Å². The van der Waals surface area contributed by atoms with Crippen LogP contribution in [0.3, 0.4) is 0 Å². The second-order valence-electron chi connectivity index (χ2n) is 5.50. The summed E-state index contributed by atoms with van der Waals surface area (Å²) in [5, 5.41) is 6.27. The van der Waals surface area contributed by atoms with Gasteiger partial charge in [0.15, 0.2) is 0 Å². The number of rotatable bonds is 4. The SMILES string of the molecule is O=C(CC1COCCN1)NC1CC1c1cccc(F)c1. The van der Waals surface area contributed by atoms with Crippen molar-refractivity contribution in [2.45, 2.75) is 30.8 Å². The molecule has 2 fully saturated rings. The highest BCUT2D eigenvalue weighted by atomic mass is 19.1. The summed E-state index contributed by atoms with van der Waals surface area (Å²) in [6.07, 6.45) is 1.33. The summed E-state index contributed by atoms with van der Waals surface area (Å²) >= 11 is 0. The summed E-state index contributed by atoms with van der Waals surface area (Å²) in [6, 6.07) is 6.87. The smallest absolute Gasteiger partial charge is 0.221 e. The van der Waals surface area contributed by atoms with Gasteiger partial charge in [0.2, 0.25) is 5.91 Å². The van der Waals surface area contributed by atoms with Crippen molar-refractivity contribution in [3.63, 3.8) is 0 Å². The minimum Gasteiger partial charge on any atom is -0.378 e. The molecule has 3 atom stereocenters. The van der Waals surface area contributed by atoms with Gasteiger partial charge in [0.05, 0.1) is 13.2 Å². The van der Waals surface area contributed by atoms with Gasteiger partial charge in [0.25, 0.3) is 0 Å². The summed E-state index contributed by atoms with van der Waals surface area (Å²) in [6.45, 7) is 2.10. The summed E-state index contributed by atoms with van der Waals surface area (Å²) in [7, 11) is 0. The van der Waals surface area contributed by atoms with E-state index in [4.69, 9.17) is 4.74 Å². The molecule has 1 aliphatic carbocycles. The Balaban J connectivity index is 1.46. The predicted octanol–water partition coefficient (Wildman–Crippen LogP) is 1.18. The number of amides is 1. The number of benzene rings is 1. The Morgan fingerprint density at radius 3 is 3.15 bits per heavy atom. The molecule has 2 N–H and O–H groups in total. The van der Waals surface area contributed by atoms with Crippen LogP contribution >= 0.6 is 0 Å². The van der Waals surface area contributed by atoms with Crippen molar-refractivity contribution in [1.82, 2.24) is 10.6 Å². The quantitative estimate of drug-likeness (QED) is 0.869. The number of ether oxygens (including phenoxy) is 1. The first-order chi connectivity index (χ1) is 9.72. The highest BCUT2D eigenvalue weighted by Gasteiger charge is 2.39. The second-order valence-corrected chi connectivity index (χ2v) is 5.50. The zero-order valence-corrected chi connectivity index (χ0v) is 11.3. The molecule has 0 bridgehead atoms. The van der Waals surface area contributed by atoms with Gasteiger partial charge in [-0.3, -0.25) is 4.79 Å². The minimum atomic E-state index is -0.219. The molecular formula is C15H19FN2O2. The van der Waals surface area contributed by atoms with Crippen LogP contribution in [0.1, 0.15) is 24.3 Å². The lowest BCUT2D eigenvalue weighted by Crippen LogP contribution is -2.44. The fourth-order valence-electron chi connectivity index (χ4n) is 2.70. The van der Waals surface area contributed by atoms with Crippen molar-refractivity contribution in [3.8, 4) is 0 Å². The summed E-state index contributed by atoms with van der Waals surface area (Å²) in [5.41, 5.74) is 0.967. The molecule has 108 valence electrons. The number of morpholine rings is 1. The van der Waals surface area contributed by atoms with Crippen LogP contribution in [0.5, 0.6) is 0 Å². The highest BCUT2D eigenvalue weighted by molar-refractivity contribution is 5.77. The van der Waals surface area contributed by atoms with E-state index in [9.17, 15) is 9.18 Å². The fourth-order valence-corrected chi connectivity index (χ4v) is 2.70. The number of hydrogen-bond donors (Lipinski definition) is 2. The van der Waals surface area contributed by atoms with Crippen molar-refractivity contribution < 1.29 is 13.9 Å². The van der Waals surface area contributed by atoms with Crippen molar-refractivity contribution >= 4 is 5.91 Å². The fraction of sp³-hybridized carbons (Fsp3) is 0.533. The molecule has 5 heteroatoms. The molecule has 1 heterocycles. The molecular weight excluding hydrogens is 259 g/mol. The van der Waals surface area contributed by atoms with Crippen LogP contribution < -0.4 is 10.6 Å². The average Bonchev–Trinajstić information content (AvgIpc) is 3.19. The predicted molar refractivity (Wildman–Crippen MR) is 72.9 cm³/mol. The van der Waals surface area contributed by atoms with E-state index in [1.54, 1.807) is 12.1 Å². The molecule has 1 saturated carbocycles. The Labute approximate surface area is 117 Å². The maximum absolute atomic E-state index is 13.1. The number of hydrogen-bond acceptors (Lipinski definition) is 3. The molecule has 1 saturated heterocycles. The highest BCUT2D eigenvalue weighted by Crippen LogP contribution is 2.40. The van der Waals surface area contributed by atoms with Crippen LogP contribution in [0, 0.1) is 5.82 Å². The number of carbonyl (C=O) groups is 1. The van der Waals surface area contributed by atoms with Gasteiger partial charge in [0.1, 0.15) is 5.82 Å². The number of nitrogens with one attached hydrogen (secondary N) is 2. The van der Waals surface area contributed by atoms with Crippen LogP contribution in [-0.2, 0) is 9.53 Å². The molecule has 1 aliphatic heterocycles. The Bertz CT molecular complexity index is 489. The Morgan fingerprint density at radius 1 is 1.50 bits per heavy atom. The molecule has 3 unspecified atom stereocenters. The van der Waals surface area contributed by atoms with Crippen molar-refractivity contribution in [1.29, 1.82) is 0 Å². The lowest BCUT2D eigenvalue weighted by Gasteiger charge is -2.23. The van der Waals surface area contributed by atoms with E-state index in [1.807, 2.05) is 6.07 Å². The normalized spacial score (nSPS) is 28.9. The molecule has 0 radical (unpaired) electrons. The molecule has 1 aromatic carbocycles. The molecule has 1 amide bonds. The first-order valence-electron chi connectivity index (χ1n) is 7.08. The topological polar surface area (TPSA) is 50.4 Å². The van der Waals surface area contributed by atoms with Crippen LogP contribution in [0.25, 0.3) is 0 Å². The van der Waals surface area contributed by atoms with Crippen molar-refractivity contribution in [2.24, 2.45) is 0 Å². The van der Waals surface area contributed by atoms with Gasteiger partial charge in [-0.2, -0.15) is 0 Å². The third-order valence-electron chi connectivity index (χ3n) is 3.84. The van der Waals surface area contributed by atoms with E-state index in [-0.39, 0.29) is 29.7 Å². The van der Waals surface area contributed by atoms with Gasteiger partial charge in [-0.05, 0) is 24.1 Å². The molecule has 1 aromatic rings. The lowest BCUT2D eigenvalue weighted by atomic mass is 10.1. The monoisotopic (exact) mass is 278 g/mol. The van der Waals surface area contributed by atoms with E-state index in [1.165, 1.54) is 6.07 Å². The molecule has 0 aromatic heterocycles. The van der Waals surface area contributed by atoms with E-state index >= 15 is 0 Å². The summed E-state index contributed by atoms with van der Waals surface area (Å²) in [4.78, 5) is 11.9. The van der Waals surface area contributed by atoms with Crippen LogP contribution in [0.4, 0.5) is 4.39 Å². The molecule has 4 nitrogen and oxygen atoms in total. The largest absolute Gasteiger partial charge is 0.378 e. The first kappa shape index (κ1) is 13.5. The average molecular weight is 278 g/mol. The van der Waals surface area contributed by atoms with Gasteiger partial charge in [-0.25, -0.2) is 4.39 Å². The van der Waals surface area contributed by atoms with Gasteiger partial charge in [0, 0.05) is 31.0 Å². The van der Waals surface area contributed by atoms with Gasteiger partial charge < -0.3 is 15.4 Å². The van der Waals surface area contributed by atoms with Crippen LogP contribution in [0.2, 0.25) is 0 Å². The summed E-state index contributed by atoms with van der Waals surface area (Å²) in [5.74, 6) is 0.0742. The third kappa shape index (κ3) is 3.35. The number of carbonyl (C=O) groups excluding carboxylic acids is 1. The van der Waals surface area contributed by atoms with E-state index in [0.29, 0.717) is 19.6 Å².